The minimum atomic E-state index is -5.06. The molecule has 3 rings (SSSR count). The molecule has 1 amide bonds. The quantitative estimate of drug-likeness (QED) is 0.766. The highest BCUT2D eigenvalue weighted by atomic mass is 32.2. The van der Waals surface area contributed by atoms with E-state index in [9.17, 15) is 23.1 Å². The van der Waals surface area contributed by atoms with Crippen LogP contribution in [-0.2, 0) is 10.5 Å². The number of benzene rings is 2. The maximum Gasteiger partial charge on any atom is 0.438 e. The van der Waals surface area contributed by atoms with Crippen molar-refractivity contribution in [3.63, 3.8) is 0 Å². The normalized spacial score (nSPS) is 19.2. The van der Waals surface area contributed by atoms with E-state index in [4.69, 9.17) is 4.74 Å². The number of ether oxygens (including phenoxy) is 1. The summed E-state index contributed by atoms with van der Waals surface area (Å²) in [6.45, 7) is 0. The topological polar surface area (TPSA) is 62.1 Å². The zero-order valence-corrected chi connectivity index (χ0v) is 16.3. The van der Waals surface area contributed by atoms with Crippen LogP contribution in [-0.4, -0.2) is 46.5 Å². The van der Waals surface area contributed by atoms with E-state index in [0.29, 0.717) is 17.1 Å². The first kappa shape index (κ1) is 21.2. The molecule has 2 aromatic carbocycles. The number of nitrogens with zero attached hydrogens (tertiary/aromatic N) is 2. The molecule has 1 aliphatic rings. The van der Waals surface area contributed by atoms with Crippen LogP contribution in [0.5, 0.6) is 5.75 Å². The first-order valence-corrected chi connectivity index (χ1v) is 9.86. The van der Waals surface area contributed by atoms with Crippen molar-refractivity contribution in [1.29, 1.82) is 0 Å². The largest absolute Gasteiger partial charge is 0.497 e. The molecule has 2 aromatic rings. The summed E-state index contributed by atoms with van der Waals surface area (Å²) >= 11 is 1.16. The third-order valence-corrected chi connectivity index (χ3v) is 5.40. The van der Waals surface area contributed by atoms with Crippen LogP contribution in [0, 0.1) is 0 Å². The van der Waals surface area contributed by atoms with Gasteiger partial charge in [0.15, 0.2) is 0 Å². The van der Waals surface area contributed by atoms with Crippen molar-refractivity contribution in [2.45, 2.75) is 24.1 Å². The van der Waals surface area contributed by atoms with Crippen molar-refractivity contribution in [3.8, 4) is 5.75 Å². The highest BCUT2D eigenvalue weighted by Gasteiger charge is 2.63. The van der Waals surface area contributed by atoms with Crippen LogP contribution in [0.25, 0.3) is 0 Å². The second-order valence-corrected chi connectivity index (χ2v) is 7.44. The molecule has 9 heteroatoms. The molecule has 0 fully saturated rings. The molecular formula is C20H19F3N2O3S. The Bertz CT molecular complexity index is 905. The zero-order valence-electron chi connectivity index (χ0n) is 15.5. The molecular weight excluding hydrogens is 405 g/mol. The van der Waals surface area contributed by atoms with E-state index in [2.05, 4.69) is 5.10 Å². The molecule has 0 spiro atoms. The number of amides is 1. The van der Waals surface area contributed by atoms with E-state index in [1.54, 1.807) is 18.2 Å². The van der Waals surface area contributed by atoms with Gasteiger partial charge < -0.3 is 9.84 Å². The first-order chi connectivity index (χ1) is 13.7. The summed E-state index contributed by atoms with van der Waals surface area (Å²) in [6, 6.07) is 15.5. The maximum absolute atomic E-state index is 13.6. The molecule has 29 heavy (non-hydrogen) atoms. The Hall–Kier alpha value is -2.52. The van der Waals surface area contributed by atoms with Crippen LogP contribution in [0.1, 0.15) is 17.5 Å². The molecule has 0 aliphatic carbocycles. The van der Waals surface area contributed by atoms with Gasteiger partial charge in [0.05, 0.1) is 25.0 Å². The molecule has 0 unspecified atom stereocenters. The number of hydrazone groups is 1. The Morgan fingerprint density at radius 2 is 1.97 bits per heavy atom. The van der Waals surface area contributed by atoms with Gasteiger partial charge in [-0.2, -0.15) is 23.3 Å². The number of alkyl halides is 3. The van der Waals surface area contributed by atoms with Crippen molar-refractivity contribution in [2.75, 3.05) is 12.9 Å². The number of carbonyl (C=O) groups is 1. The first-order valence-electron chi connectivity index (χ1n) is 8.70. The maximum atomic E-state index is 13.6. The Labute approximate surface area is 170 Å². The predicted octanol–water partition coefficient (Wildman–Crippen LogP) is 3.82. The molecule has 154 valence electrons. The SMILES string of the molecule is COc1cccc(C2=NN(C(=O)CSCc3ccccc3)[C@@](O)(C(F)(F)F)C2)c1. The van der Waals surface area contributed by atoms with E-state index < -0.39 is 24.2 Å². The van der Waals surface area contributed by atoms with Crippen LogP contribution >= 0.6 is 11.8 Å². The molecule has 1 N–H and O–H groups in total. The monoisotopic (exact) mass is 424 g/mol. The van der Waals surface area contributed by atoms with Gasteiger partial charge in [-0.15, -0.1) is 11.8 Å². The number of thioether (sulfide) groups is 1. The summed E-state index contributed by atoms with van der Waals surface area (Å²) in [7, 11) is 1.43. The van der Waals surface area contributed by atoms with Crippen LogP contribution < -0.4 is 4.74 Å². The molecule has 0 radical (unpaired) electrons. The molecule has 0 aromatic heterocycles. The summed E-state index contributed by atoms with van der Waals surface area (Å²) in [6.07, 6.45) is -5.91. The fourth-order valence-electron chi connectivity index (χ4n) is 2.88. The second kappa shape index (κ2) is 8.46. The van der Waals surface area contributed by atoms with Gasteiger partial charge >= 0.3 is 6.18 Å². The number of aliphatic hydroxyl groups is 1. The molecule has 0 saturated carbocycles. The van der Waals surface area contributed by atoms with Gasteiger partial charge in [0, 0.05) is 11.3 Å². The van der Waals surface area contributed by atoms with E-state index in [-0.39, 0.29) is 16.5 Å². The summed E-state index contributed by atoms with van der Waals surface area (Å²) in [5, 5.41) is 14.4. The number of hydrogen-bond acceptors (Lipinski definition) is 5. The average Bonchev–Trinajstić information content (AvgIpc) is 3.08. The highest BCUT2D eigenvalue weighted by molar-refractivity contribution is 7.99. The number of carbonyl (C=O) groups excluding carboxylic acids is 1. The van der Waals surface area contributed by atoms with Gasteiger partial charge in [-0.05, 0) is 17.7 Å². The molecule has 0 bridgehead atoms. The summed E-state index contributed by atoms with van der Waals surface area (Å²) < 4.78 is 46.0. The van der Waals surface area contributed by atoms with Crippen molar-refractivity contribution in [1.82, 2.24) is 5.01 Å². The third kappa shape index (κ3) is 4.56. The minimum absolute atomic E-state index is 0.0369. The van der Waals surface area contributed by atoms with Crippen molar-refractivity contribution in [2.24, 2.45) is 5.10 Å². The summed E-state index contributed by atoms with van der Waals surface area (Å²) in [4.78, 5) is 12.5. The number of halogens is 3. The lowest BCUT2D eigenvalue weighted by Crippen LogP contribution is -2.57. The van der Waals surface area contributed by atoms with Gasteiger partial charge in [-0.25, -0.2) is 0 Å². The van der Waals surface area contributed by atoms with Gasteiger partial charge in [0.2, 0.25) is 0 Å². The number of methoxy groups -OCH3 is 1. The van der Waals surface area contributed by atoms with Crippen LogP contribution in [0.15, 0.2) is 59.7 Å². The minimum Gasteiger partial charge on any atom is -0.497 e. The Balaban J connectivity index is 1.80. The predicted molar refractivity (Wildman–Crippen MR) is 105 cm³/mol. The van der Waals surface area contributed by atoms with Crippen molar-refractivity contribution < 1.29 is 27.8 Å². The van der Waals surface area contributed by atoms with E-state index in [1.807, 2.05) is 30.3 Å². The second-order valence-electron chi connectivity index (χ2n) is 6.45. The van der Waals surface area contributed by atoms with E-state index in [1.165, 1.54) is 13.2 Å². The molecule has 1 heterocycles. The Morgan fingerprint density at radius 3 is 2.62 bits per heavy atom. The standard InChI is InChI=1S/C20H19F3N2O3S/c1-28-16-9-5-8-15(10-16)17-11-19(27,20(21,22)23)25(24-17)18(26)13-29-12-14-6-3-2-4-7-14/h2-10,27H,11-13H2,1H3/t19-/m0/s1. The van der Waals surface area contributed by atoms with Crippen LogP contribution in [0.2, 0.25) is 0 Å². The van der Waals surface area contributed by atoms with E-state index in [0.717, 1.165) is 17.3 Å². The van der Waals surface area contributed by atoms with Gasteiger partial charge in [-0.3, -0.25) is 4.79 Å². The van der Waals surface area contributed by atoms with Crippen molar-refractivity contribution >= 4 is 23.4 Å². The molecule has 1 atom stereocenters. The molecule has 0 saturated heterocycles. The van der Waals surface area contributed by atoms with E-state index >= 15 is 0 Å². The van der Waals surface area contributed by atoms with Gasteiger partial charge in [0.1, 0.15) is 5.75 Å². The third-order valence-electron chi connectivity index (χ3n) is 4.42. The lowest BCUT2D eigenvalue weighted by molar-refractivity contribution is -0.301. The van der Waals surface area contributed by atoms with Gasteiger partial charge in [-0.1, -0.05) is 42.5 Å². The Morgan fingerprint density at radius 1 is 1.24 bits per heavy atom. The van der Waals surface area contributed by atoms with Gasteiger partial charge in [0.25, 0.3) is 11.6 Å². The lowest BCUT2D eigenvalue weighted by atomic mass is 10.0. The Kier molecular flexibility index (Phi) is 6.18. The molecule has 5 nitrogen and oxygen atoms in total. The number of hydrogen-bond donors (Lipinski definition) is 1. The van der Waals surface area contributed by atoms with Crippen LogP contribution in [0.3, 0.4) is 0 Å². The summed E-state index contributed by atoms with van der Waals surface area (Å²) in [5.74, 6) is -0.271. The molecule has 1 aliphatic heterocycles. The fourth-order valence-corrected chi connectivity index (χ4v) is 3.71. The summed E-state index contributed by atoms with van der Waals surface area (Å²) in [5.41, 5.74) is -2.13. The highest BCUT2D eigenvalue weighted by Crippen LogP contribution is 2.41. The fraction of sp³-hybridized carbons (Fsp3) is 0.300. The lowest BCUT2D eigenvalue weighted by Gasteiger charge is -2.32. The van der Waals surface area contributed by atoms with Crippen LogP contribution in [0.4, 0.5) is 13.2 Å². The number of rotatable bonds is 6. The average molecular weight is 424 g/mol. The van der Waals surface area contributed by atoms with Crippen molar-refractivity contribution in [3.05, 3.63) is 65.7 Å². The smallest absolute Gasteiger partial charge is 0.438 e. The zero-order chi connectivity index (χ0) is 21.1.